The standard InChI is InChI=1S/C15H26N2/c1-10(2)13-11(3)14(15(5,6)7)17(9)16(8)12(13)4/h14H,1,4H2,2-3,5-9H3. The largest absolute Gasteiger partial charge is 0.309 e. The molecule has 0 fully saturated rings. The Bertz CT molecular complexity index is 382. The van der Waals surface area contributed by atoms with E-state index in [1.54, 1.807) is 0 Å². The van der Waals surface area contributed by atoms with Gasteiger partial charge < -0.3 is 5.01 Å². The zero-order valence-electron chi connectivity index (χ0n) is 12.4. The van der Waals surface area contributed by atoms with E-state index in [1.807, 2.05) is 0 Å². The van der Waals surface area contributed by atoms with E-state index in [-0.39, 0.29) is 5.41 Å². The van der Waals surface area contributed by atoms with Crippen LogP contribution < -0.4 is 0 Å². The highest BCUT2D eigenvalue weighted by atomic mass is 15.6. The minimum absolute atomic E-state index is 0.189. The summed E-state index contributed by atoms with van der Waals surface area (Å²) in [6.07, 6.45) is 0. The molecule has 0 spiro atoms. The van der Waals surface area contributed by atoms with Crippen LogP contribution in [-0.4, -0.2) is 30.2 Å². The van der Waals surface area contributed by atoms with Gasteiger partial charge in [-0.3, -0.25) is 0 Å². The van der Waals surface area contributed by atoms with Gasteiger partial charge in [-0.15, -0.1) is 0 Å². The van der Waals surface area contributed by atoms with Gasteiger partial charge in [0.25, 0.3) is 0 Å². The molecule has 1 heterocycles. The summed E-state index contributed by atoms with van der Waals surface area (Å²) in [6, 6.07) is 0.379. The first-order valence-electron chi connectivity index (χ1n) is 6.11. The zero-order chi connectivity index (χ0) is 13.5. The normalized spacial score (nSPS) is 23.4. The molecule has 0 radical (unpaired) electrons. The van der Waals surface area contributed by atoms with Crippen LogP contribution in [-0.2, 0) is 0 Å². The molecule has 0 N–H and O–H groups in total. The van der Waals surface area contributed by atoms with Gasteiger partial charge in [-0.05, 0) is 30.4 Å². The Morgan fingerprint density at radius 1 is 1.24 bits per heavy atom. The Balaban J connectivity index is 3.41. The van der Waals surface area contributed by atoms with Crippen molar-refractivity contribution in [2.24, 2.45) is 5.41 Å². The van der Waals surface area contributed by atoms with Gasteiger partial charge in [-0.2, -0.15) is 0 Å². The van der Waals surface area contributed by atoms with Crippen molar-refractivity contribution < 1.29 is 0 Å². The number of nitrogens with zero attached hydrogens (tertiary/aromatic N) is 2. The van der Waals surface area contributed by atoms with E-state index in [4.69, 9.17) is 0 Å². The average Bonchev–Trinajstić information content (AvgIpc) is 2.11. The molecule has 1 aliphatic heterocycles. The summed E-state index contributed by atoms with van der Waals surface area (Å²) >= 11 is 0. The Morgan fingerprint density at radius 3 is 2.06 bits per heavy atom. The Hall–Kier alpha value is -1.02. The van der Waals surface area contributed by atoms with Crippen molar-refractivity contribution in [3.8, 4) is 0 Å². The van der Waals surface area contributed by atoms with Crippen LogP contribution in [0.3, 0.4) is 0 Å². The highest BCUT2D eigenvalue weighted by Crippen LogP contribution is 2.39. The van der Waals surface area contributed by atoms with E-state index in [0.29, 0.717) is 6.04 Å². The second-order valence-electron chi connectivity index (χ2n) is 6.15. The van der Waals surface area contributed by atoms with Crippen molar-refractivity contribution in [3.05, 3.63) is 35.6 Å². The highest BCUT2D eigenvalue weighted by Gasteiger charge is 2.37. The van der Waals surface area contributed by atoms with Crippen molar-refractivity contribution in [1.29, 1.82) is 0 Å². The molecular weight excluding hydrogens is 208 g/mol. The average molecular weight is 234 g/mol. The summed E-state index contributed by atoms with van der Waals surface area (Å²) in [6.45, 7) is 19.4. The second kappa shape index (κ2) is 4.34. The molecular formula is C15H26N2. The van der Waals surface area contributed by atoms with Crippen LogP contribution in [0.1, 0.15) is 34.6 Å². The maximum Gasteiger partial charge on any atom is 0.0554 e. The fourth-order valence-corrected chi connectivity index (χ4v) is 2.96. The first-order valence-corrected chi connectivity index (χ1v) is 6.11. The summed E-state index contributed by atoms with van der Waals surface area (Å²) in [4.78, 5) is 0. The lowest BCUT2D eigenvalue weighted by Gasteiger charge is -2.49. The van der Waals surface area contributed by atoms with Crippen molar-refractivity contribution in [2.45, 2.75) is 40.7 Å². The fraction of sp³-hybridized carbons (Fsp3) is 0.600. The van der Waals surface area contributed by atoms with Crippen LogP contribution in [0.5, 0.6) is 0 Å². The maximum atomic E-state index is 4.18. The molecule has 1 aliphatic rings. The van der Waals surface area contributed by atoms with Gasteiger partial charge in [0.2, 0.25) is 0 Å². The number of rotatable bonds is 1. The predicted molar refractivity (Wildman–Crippen MR) is 75.4 cm³/mol. The molecule has 0 saturated carbocycles. The van der Waals surface area contributed by atoms with Crippen LogP contribution in [0.2, 0.25) is 0 Å². The monoisotopic (exact) mass is 234 g/mol. The molecule has 0 amide bonds. The number of hydrogen-bond acceptors (Lipinski definition) is 2. The van der Waals surface area contributed by atoms with E-state index in [1.165, 1.54) is 11.1 Å². The van der Waals surface area contributed by atoms with Crippen LogP contribution in [0.25, 0.3) is 0 Å². The summed E-state index contributed by atoms with van der Waals surface area (Å²) in [7, 11) is 4.19. The van der Waals surface area contributed by atoms with E-state index in [9.17, 15) is 0 Å². The van der Waals surface area contributed by atoms with E-state index < -0.39 is 0 Å². The van der Waals surface area contributed by atoms with Crippen molar-refractivity contribution in [3.63, 3.8) is 0 Å². The SMILES string of the molecule is C=C(C)C1=C(C)C(C(C)(C)C)N(C)N(C)C1=C. The molecule has 17 heavy (non-hydrogen) atoms. The molecule has 1 rings (SSSR count). The third kappa shape index (κ3) is 2.32. The Morgan fingerprint density at radius 2 is 1.71 bits per heavy atom. The Kier molecular flexibility index (Phi) is 3.58. The molecule has 0 aromatic carbocycles. The number of hydrazine groups is 1. The first-order chi connectivity index (χ1) is 7.59. The molecule has 0 saturated heterocycles. The number of allylic oxidation sites excluding steroid dienone is 1. The minimum atomic E-state index is 0.189. The van der Waals surface area contributed by atoms with Gasteiger partial charge in [-0.25, -0.2) is 5.01 Å². The van der Waals surface area contributed by atoms with Gasteiger partial charge in [0.1, 0.15) is 0 Å². The summed E-state index contributed by atoms with van der Waals surface area (Å²) < 4.78 is 0. The molecule has 1 atom stereocenters. The van der Waals surface area contributed by atoms with Crippen molar-refractivity contribution in [2.75, 3.05) is 14.1 Å². The first kappa shape index (κ1) is 14.0. The summed E-state index contributed by atoms with van der Waals surface area (Å²) in [5, 5.41) is 4.40. The second-order valence-corrected chi connectivity index (χ2v) is 6.15. The lowest BCUT2D eigenvalue weighted by Crippen LogP contribution is -2.53. The zero-order valence-corrected chi connectivity index (χ0v) is 12.4. The van der Waals surface area contributed by atoms with Gasteiger partial charge in [0.05, 0.1) is 11.7 Å². The van der Waals surface area contributed by atoms with Crippen LogP contribution in [0.4, 0.5) is 0 Å². The van der Waals surface area contributed by atoms with Crippen molar-refractivity contribution in [1.82, 2.24) is 10.0 Å². The third-order valence-electron chi connectivity index (χ3n) is 3.58. The molecule has 96 valence electrons. The minimum Gasteiger partial charge on any atom is -0.309 e. The molecule has 1 unspecified atom stereocenters. The quantitative estimate of drug-likeness (QED) is 0.684. The molecule has 0 bridgehead atoms. The van der Waals surface area contributed by atoms with Crippen LogP contribution >= 0.6 is 0 Å². The summed E-state index contributed by atoms with van der Waals surface area (Å²) in [5.74, 6) is 0. The van der Waals surface area contributed by atoms with Crippen molar-refractivity contribution >= 4 is 0 Å². The highest BCUT2D eigenvalue weighted by molar-refractivity contribution is 5.48. The Labute approximate surface area is 106 Å². The summed E-state index contributed by atoms with van der Waals surface area (Å²) in [5.41, 5.74) is 4.93. The van der Waals surface area contributed by atoms with Gasteiger partial charge >= 0.3 is 0 Å². The van der Waals surface area contributed by atoms with E-state index in [0.717, 1.165) is 11.3 Å². The molecule has 2 heteroatoms. The van der Waals surface area contributed by atoms with Crippen LogP contribution in [0, 0.1) is 5.41 Å². The van der Waals surface area contributed by atoms with Gasteiger partial charge in [0, 0.05) is 19.7 Å². The number of likely N-dealkylation sites (N-methyl/N-ethyl adjacent to an activating group) is 2. The topological polar surface area (TPSA) is 6.48 Å². The van der Waals surface area contributed by atoms with Crippen LogP contribution in [0.15, 0.2) is 35.6 Å². The predicted octanol–water partition coefficient (Wildman–Crippen LogP) is 3.60. The fourth-order valence-electron chi connectivity index (χ4n) is 2.96. The van der Waals surface area contributed by atoms with E-state index in [2.05, 4.69) is 71.9 Å². The molecule has 0 aliphatic carbocycles. The van der Waals surface area contributed by atoms with E-state index >= 15 is 0 Å². The molecule has 0 aromatic heterocycles. The molecule has 2 nitrogen and oxygen atoms in total. The molecule has 0 aromatic rings. The lowest BCUT2D eigenvalue weighted by atomic mass is 9.78. The van der Waals surface area contributed by atoms with Gasteiger partial charge in [-0.1, -0.05) is 33.9 Å². The third-order valence-corrected chi connectivity index (χ3v) is 3.58. The smallest absolute Gasteiger partial charge is 0.0554 e. The lowest BCUT2D eigenvalue weighted by molar-refractivity contribution is -0.0178. The maximum absolute atomic E-state index is 4.18. The van der Waals surface area contributed by atoms with Gasteiger partial charge in [0.15, 0.2) is 0 Å². The number of hydrogen-bond donors (Lipinski definition) is 0.